The molecule has 29 heavy (non-hydrogen) atoms. The smallest absolute Gasteiger partial charge is 0.337 e. The Morgan fingerprint density at radius 2 is 1.45 bits per heavy atom. The number of rotatable bonds is 8. The van der Waals surface area contributed by atoms with Crippen molar-refractivity contribution in [1.29, 1.82) is 0 Å². The van der Waals surface area contributed by atoms with Crippen LogP contribution in [-0.4, -0.2) is 35.4 Å². The lowest BCUT2D eigenvalue weighted by Gasteiger charge is -2.13. The minimum absolute atomic E-state index is 0.113. The van der Waals surface area contributed by atoms with E-state index in [9.17, 15) is 4.79 Å². The fraction of sp³-hybridized carbons (Fsp3) is 0.348. The zero-order chi connectivity index (χ0) is 20.1. The molecular formula is C23H27N3O3. The highest BCUT2D eigenvalue weighted by atomic mass is 16.5. The molecular weight excluding hydrogens is 366 g/mol. The van der Waals surface area contributed by atoms with Gasteiger partial charge < -0.3 is 14.8 Å². The van der Waals surface area contributed by atoms with Crippen LogP contribution in [0.1, 0.15) is 25.7 Å². The van der Waals surface area contributed by atoms with Crippen LogP contribution in [0.2, 0.25) is 0 Å². The molecule has 1 heterocycles. The molecule has 0 saturated heterocycles. The van der Waals surface area contributed by atoms with Gasteiger partial charge in [-0.25, -0.2) is 4.79 Å². The summed E-state index contributed by atoms with van der Waals surface area (Å²) in [6.07, 6.45) is 8.64. The van der Waals surface area contributed by atoms with Crippen LogP contribution >= 0.6 is 0 Å². The zero-order valence-electron chi connectivity index (χ0n) is 16.7. The van der Waals surface area contributed by atoms with E-state index < -0.39 is 0 Å². The zero-order valence-corrected chi connectivity index (χ0v) is 16.7. The first-order chi connectivity index (χ1) is 14.2. The molecule has 1 saturated carbocycles. The van der Waals surface area contributed by atoms with Gasteiger partial charge in [0.15, 0.2) is 0 Å². The van der Waals surface area contributed by atoms with Gasteiger partial charge >= 0.3 is 5.69 Å². The first-order valence-electron chi connectivity index (χ1n) is 10.2. The van der Waals surface area contributed by atoms with Crippen molar-refractivity contribution in [2.45, 2.75) is 31.8 Å². The SMILES string of the molecule is CNCCOc1ccc(-n2ccn(-c3ccc(OC4CCCC4)cc3)c2=O)cc1. The van der Waals surface area contributed by atoms with Crippen molar-refractivity contribution in [1.82, 2.24) is 14.5 Å². The number of nitrogens with zero attached hydrogens (tertiary/aromatic N) is 2. The predicted molar refractivity (Wildman–Crippen MR) is 114 cm³/mol. The van der Waals surface area contributed by atoms with Gasteiger partial charge in [0.25, 0.3) is 0 Å². The summed E-state index contributed by atoms with van der Waals surface area (Å²) in [5, 5.41) is 3.04. The van der Waals surface area contributed by atoms with E-state index in [0.717, 1.165) is 42.3 Å². The number of imidazole rings is 1. The molecule has 0 aliphatic heterocycles. The Labute approximate surface area is 170 Å². The predicted octanol–water partition coefficient (Wildman–Crippen LogP) is 3.55. The molecule has 0 atom stereocenters. The van der Waals surface area contributed by atoms with Gasteiger partial charge in [-0.1, -0.05) is 0 Å². The minimum atomic E-state index is -0.113. The summed E-state index contributed by atoms with van der Waals surface area (Å²) >= 11 is 0. The van der Waals surface area contributed by atoms with Crippen LogP contribution < -0.4 is 20.5 Å². The van der Waals surface area contributed by atoms with Crippen molar-refractivity contribution in [2.75, 3.05) is 20.2 Å². The van der Waals surface area contributed by atoms with Crippen molar-refractivity contribution in [3.8, 4) is 22.9 Å². The molecule has 0 amide bonds. The molecule has 1 aliphatic rings. The summed E-state index contributed by atoms with van der Waals surface area (Å²) in [4.78, 5) is 12.9. The largest absolute Gasteiger partial charge is 0.492 e. The number of ether oxygens (including phenoxy) is 2. The maximum Gasteiger partial charge on any atom is 0.337 e. The van der Waals surface area contributed by atoms with Gasteiger partial charge in [-0.05, 0) is 81.3 Å². The van der Waals surface area contributed by atoms with E-state index in [4.69, 9.17) is 9.47 Å². The van der Waals surface area contributed by atoms with Crippen LogP contribution in [0.4, 0.5) is 0 Å². The molecule has 2 aromatic carbocycles. The lowest BCUT2D eigenvalue weighted by molar-refractivity contribution is 0.210. The standard InChI is InChI=1S/C23H27N3O3/c1-24-14-17-28-20-10-6-18(7-11-20)25-15-16-26(23(25)27)19-8-12-22(13-9-19)29-21-4-2-3-5-21/h6-13,15-16,21,24H,2-5,14,17H2,1H3. The first kappa shape index (κ1) is 19.3. The van der Waals surface area contributed by atoms with Gasteiger partial charge in [-0.15, -0.1) is 0 Å². The number of hydrogen-bond donors (Lipinski definition) is 1. The quantitative estimate of drug-likeness (QED) is 0.595. The normalized spacial score (nSPS) is 14.2. The lowest BCUT2D eigenvalue weighted by Crippen LogP contribution is -2.21. The molecule has 4 rings (SSSR count). The lowest BCUT2D eigenvalue weighted by atomic mass is 10.2. The number of hydrogen-bond acceptors (Lipinski definition) is 4. The average Bonchev–Trinajstić information content (AvgIpc) is 3.39. The Hall–Kier alpha value is -2.99. The Morgan fingerprint density at radius 1 is 0.897 bits per heavy atom. The summed E-state index contributed by atoms with van der Waals surface area (Å²) in [5.41, 5.74) is 1.51. The average molecular weight is 393 g/mol. The molecule has 152 valence electrons. The topological polar surface area (TPSA) is 57.4 Å². The third-order valence-corrected chi connectivity index (χ3v) is 5.23. The first-order valence-corrected chi connectivity index (χ1v) is 10.2. The number of likely N-dealkylation sites (N-methyl/N-ethyl adjacent to an activating group) is 1. The summed E-state index contributed by atoms with van der Waals surface area (Å²) in [6, 6.07) is 15.3. The van der Waals surface area contributed by atoms with E-state index in [-0.39, 0.29) is 5.69 Å². The highest BCUT2D eigenvalue weighted by Gasteiger charge is 2.16. The van der Waals surface area contributed by atoms with Gasteiger partial charge in [0.05, 0.1) is 17.5 Å². The molecule has 6 heteroatoms. The summed E-state index contributed by atoms with van der Waals surface area (Å²) in [7, 11) is 1.89. The van der Waals surface area contributed by atoms with E-state index >= 15 is 0 Å². The van der Waals surface area contributed by atoms with Crippen molar-refractivity contribution < 1.29 is 9.47 Å². The summed E-state index contributed by atoms with van der Waals surface area (Å²) in [5.74, 6) is 1.65. The highest BCUT2D eigenvalue weighted by Crippen LogP contribution is 2.24. The second kappa shape index (κ2) is 9.01. The summed E-state index contributed by atoms with van der Waals surface area (Å²) in [6.45, 7) is 1.39. The minimum Gasteiger partial charge on any atom is -0.492 e. The Balaban J connectivity index is 1.47. The molecule has 0 bridgehead atoms. The van der Waals surface area contributed by atoms with Crippen LogP contribution in [0, 0.1) is 0 Å². The fourth-order valence-electron chi connectivity index (χ4n) is 3.63. The molecule has 6 nitrogen and oxygen atoms in total. The molecule has 3 aromatic rings. The van der Waals surface area contributed by atoms with Crippen molar-refractivity contribution in [3.63, 3.8) is 0 Å². The molecule has 0 unspecified atom stereocenters. The van der Waals surface area contributed by atoms with E-state index in [1.165, 1.54) is 12.8 Å². The molecule has 1 fully saturated rings. The van der Waals surface area contributed by atoms with Crippen LogP contribution in [0.15, 0.2) is 65.7 Å². The van der Waals surface area contributed by atoms with Gasteiger partial charge in [0, 0.05) is 18.9 Å². The molecule has 1 aromatic heterocycles. The third kappa shape index (κ3) is 4.54. The molecule has 1 N–H and O–H groups in total. The third-order valence-electron chi connectivity index (χ3n) is 5.23. The fourth-order valence-corrected chi connectivity index (χ4v) is 3.63. The Kier molecular flexibility index (Phi) is 6.00. The van der Waals surface area contributed by atoms with Crippen molar-refractivity contribution in [3.05, 3.63) is 71.4 Å². The van der Waals surface area contributed by atoms with E-state index in [2.05, 4.69) is 5.32 Å². The van der Waals surface area contributed by atoms with Crippen molar-refractivity contribution >= 4 is 0 Å². The second-order valence-corrected chi connectivity index (χ2v) is 7.28. The number of nitrogens with one attached hydrogen (secondary N) is 1. The molecule has 0 radical (unpaired) electrons. The van der Waals surface area contributed by atoms with Crippen LogP contribution in [-0.2, 0) is 0 Å². The number of aromatic nitrogens is 2. The maximum absolute atomic E-state index is 12.9. The molecule has 0 spiro atoms. The highest BCUT2D eigenvalue weighted by molar-refractivity contribution is 5.40. The summed E-state index contributed by atoms with van der Waals surface area (Å²) < 4.78 is 14.9. The van der Waals surface area contributed by atoms with Crippen molar-refractivity contribution in [2.24, 2.45) is 0 Å². The van der Waals surface area contributed by atoms with Crippen LogP contribution in [0.25, 0.3) is 11.4 Å². The van der Waals surface area contributed by atoms with Gasteiger partial charge in [-0.3, -0.25) is 9.13 Å². The molecule has 1 aliphatic carbocycles. The van der Waals surface area contributed by atoms with E-state index in [1.54, 1.807) is 21.5 Å². The van der Waals surface area contributed by atoms with Crippen LogP contribution in [0.5, 0.6) is 11.5 Å². The van der Waals surface area contributed by atoms with Gasteiger partial charge in [0.1, 0.15) is 18.1 Å². The van der Waals surface area contributed by atoms with E-state index in [1.807, 2.05) is 55.6 Å². The monoisotopic (exact) mass is 393 g/mol. The Bertz CT molecular complexity index is 968. The Morgan fingerprint density at radius 3 is 2.00 bits per heavy atom. The van der Waals surface area contributed by atoms with Crippen LogP contribution in [0.3, 0.4) is 0 Å². The maximum atomic E-state index is 12.9. The van der Waals surface area contributed by atoms with E-state index in [0.29, 0.717) is 12.7 Å². The second-order valence-electron chi connectivity index (χ2n) is 7.28. The van der Waals surface area contributed by atoms with Gasteiger partial charge in [0.2, 0.25) is 0 Å². The van der Waals surface area contributed by atoms with Gasteiger partial charge in [-0.2, -0.15) is 0 Å². The number of benzene rings is 2.